The first-order valence-electron chi connectivity index (χ1n) is 10.0. The zero-order chi connectivity index (χ0) is 26.5. The fraction of sp³-hybridized carbons (Fsp3) is 0.600. The van der Waals surface area contributed by atoms with Crippen LogP contribution in [0.4, 0.5) is 26.3 Å². The molecule has 3 N–H and O–H groups in total. The van der Waals surface area contributed by atoms with Crippen molar-refractivity contribution in [2.24, 2.45) is 11.7 Å². The molecule has 0 saturated carbocycles. The molecule has 0 radical (unpaired) electrons. The van der Waals surface area contributed by atoms with Crippen LogP contribution in [0.3, 0.4) is 0 Å². The summed E-state index contributed by atoms with van der Waals surface area (Å²) < 4.78 is 95.6. The largest absolute Gasteiger partial charge is 0.490 e. The summed E-state index contributed by atoms with van der Waals surface area (Å²) in [5.74, 6) is -2.98. The van der Waals surface area contributed by atoms with E-state index in [4.69, 9.17) is 15.6 Å². The SMILES string of the molecule is CC(C)(C1CCN(C(N)CC=O)CC1)S(=O)(=O)c1cccc(C(F)(F)F)c1.O=C(O)C(F)(F)F. The molecule has 1 atom stereocenters. The quantitative estimate of drug-likeness (QED) is 0.436. The van der Waals surface area contributed by atoms with E-state index in [1.165, 1.54) is 6.07 Å². The number of benzene rings is 1. The van der Waals surface area contributed by atoms with Gasteiger partial charge in [0, 0.05) is 6.42 Å². The van der Waals surface area contributed by atoms with E-state index < -0.39 is 44.6 Å². The molecule has 0 spiro atoms. The fourth-order valence-corrected chi connectivity index (χ4v) is 5.36. The number of hydrogen-bond donors (Lipinski definition) is 2. The van der Waals surface area contributed by atoms with Crippen molar-refractivity contribution in [2.75, 3.05) is 13.1 Å². The number of carboxylic acid groups (broad SMARTS) is 1. The van der Waals surface area contributed by atoms with Crippen molar-refractivity contribution in [3.8, 4) is 0 Å². The molecule has 14 heteroatoms. The van der Waals surface area contributed by atoms with Crippen LogP contribution in [0.1, 0.15) is 38.7 Å². The highest BCUT2D eigenvalue weighted by Gasteiger charge is 2.45. The maximum atomic E-state index is 13.1. The third kappa shape index (κ3) is 7.40. The molecule has 1 aliphatic heterocycles. The van der Waals surface area contributed by atoms with Gasteiger partial charge in [-0.3, -0.25) is 4.90 Å². The zero-order valence-electron chi connectivity index (χ0n) is 18.4. The van der Waals surface area contributed by atoms with Crippen LogP contribution in [0.15, 0.2) is 29.2 Å². The lowest BCUT2D eigenvalue weighted by Gasteiger charge is -2.41. The normalized spacial score (nSPS) is 17.4. The highest BCUT2D eigenvalue weighted by atomic mass is 32.2. The topological polar surface area (TPSA) is 118 Å². The second-order valence-electron chi connectivity index (χ2n) is 8.22. The molecule has 1 aromatic carbocycles. The molecule has 34 heavy (non-hydrogen) atoms. The van der Waals surface area contributed by atoms with Gasteiger partial charge in [-0.25, -0.2) is 13.2 Å². The standard InChI is InChI=1S/C18H25F3N2O3S.C2HF3O2/c1-17(2,13-6-9-23(10-7-13)16(22)8-11-24)27(25,26)15-5-3-4-14(12-15)18(19,20)21;3-2(4,5)1(6)7/h3-5,11-13,16H,6-10,22H2,1-2H3;(H,6,7). The number of aliphatic carboxylic acids is 1. The number of carboxylic acids is 1. The highest BCUT2D eigenvalue weighted by molar-refractivity contribution is 7.92. The van der Waals surface area contributed by atoms with E-state index in [0.717, 1.165) is 18.4 Å². The van der Waals surface area contributed by atoms with Crippen molar-refractivity contribution in [2.45, 2.75) is 61.3 Å². The van der Waals surface area contributed by atoms with Gasteiger partial charge in [0.1, 0.15) is 6.29 Å². The number of nitrogens with two attached hydrogens (primary N) is 1. The van der Waals surface area contributed by atoms with E-state index in [0.29, 0.717) is 32.0 Å². The van der Waals surface area contributed by atoms with Gasteiger partial charge in [0.2, 0.25) is 0 Å². The molecule has 1 saturated heterocycles. The van der Waals surface area contributed by atoms with Gasteiger partial charge in [-0.2, -0.15) is 26.3 Å². The smallest absolute Gasteiger partial charge is 0.475 e. The maximum Gasteiger partial charge on any atom is 0.490 e. The summed E-state index contributed by atoms with van der Waals surface area (Å²) in [7, 11) is -3.97. The minimum atomic E-state index is -5.08. The summed E-state index contributed by atoms with van der Waals surface area (Å²) in [5, 5.41) is 7.12. The van der Waals surface area contributed by atoms with Gasteiger partial charge in [-0.05, 0) is 63.9 Å². The summed E-state index contributed by atoms with van der Waals surface area (Å²) in [6.07, 6.45) is -8.05. The summed E-state index contributed by atoms with van der Waals surface area (Å²) in [5.41, 5.74) is 4.94. The Morgan fingerprint density at radius 3 is 2.09 bits per heavy atom. The molecule has 1 aliphatic rings. The van der Waals surface area contributed by atoms with E-state index in [1.807, 2.05) is 4.90 Å². The number of nitrogens with zero attached hydrogens (tertiary/aromatic N) is 1. The Morgan fingerprint density at radius 1 is 1.18 bits per heavy atom. The average Bonchev–Trinajstić information content (AvgIpc) is 2.73. The monoisotopic (exact) mass is 520 g/mol. The fourth-order valence-electron chi connectivity index (χ4n) is 3.54. The van der Waals surface area contributed by atoms with Crippen molar-refractivity contribution in [1.82, 2.24) is 4.90 Å². The van der Waals surface area contributed by atoms with Gasteiger partial charge in [0.25, 0.3) is 0 Å². The molecular weight excluding hydrogens is 494 g/mol. The van der Waals surface area contributed by atoms with Gasteiger partial charge < -0.3 is 15.6 Å². The number of hydrogen-bond acceptors (Lipinski definition) is 6. The van der Waals surface area contributed by atoms with Crippen LogP contribution in [0, 0.1) is 5.92 Å². The molecule has 1 heterocycles. The van der Waals surface area contributed by atoms with E-state index in [1.54, 1.807) is 13.8 Å². The van der Waals surface area contributed by atoms with Gasteiger partial charge in [0.05, 0.1) is 21.4 Å². The van der Waals surface area contributed by atoms with E-state index >= 15 is 0 Å². The molecule has 0 aromatic heterocycles. The van der Waals surface area contributed by atoms with Crippen LogP contribution in [0.5, 0.6) is 0 Å². The number of alkyl halides is 6. The van der Waals surface area contributed by atoms with Crippen LogP contribution in [-0.4, -0.2) is 60.9 Å². The van der Waals surface area contributed by atoms with Crippen molar-refractivity contribution < 1.29 is 49.5 Å². The molecule has 1 aromatic rings. The molecule has 1 unspecified atom stereocenters. The minimum absolute atomic E-state index is 0.205. The van der Waals surface area contributed by atoms with Crippen LogP contribution >= 0.6 is 0 Å². The first-order chi connectivity index (χ1) is 15.4. The van der Waals surface area contributed by atoms with Crippen LogP contribution in [-0.2, 0) is 25.6 Å². The summed E-state index contributed by atoms with van der Waals surface area (Å²) in [6.45, 7) is 4.21. The Bertz CT molecular complexity index is 955. The molecule has 0 amide bonds. The number of sulfone groups is 1. The Balaban J connectivity index is 0.000000718. The number of carbonyl (C=O) groups excluding carboxylic acids is 1. The van der Waals surface area contributed by atoms with E-state index in [-0.39, 0.29) is 17.2 Å². The van der Waals surface area contributed by atoms with E-state index in [9.17, 15) is 39.6 Å². The van der Waals surface area contributed by atoms with Gasteiger partial charge in [-0.15, -0.1) is 0 Å². The zero-order valence-corrected chi connectivity index (χ0v) is 19.2. The molecule has 1 fully saturated rings. The molecule has 0 aliphatic carbocycles. The third-order valence-corrected chi connectivity index (χ3v) is 8.32. The number of likely N-dealkylation sites (tertiary alicyclic amines) is 1. The molecule has 0 bridgehead atoms. The van der Waals surface area contributed by atoms with Crippen LogP contribution in [0.25, 0.3) is 0 Å². The molecule has 7 nitrogen and oxygen atoms in total. The number of rotatable bonds is 6. The van der Waals surface area contributed by atoms with Crippen molar-refractivity contribution in [1.29, 1.82) is 0 Å². The predicted molar refractivity (Wildman–Crippen MR) is 109 cm³/mol. The van der Waals surface area contributed by atoms with Gasteiger partial charge in [-0.1, -0.05) is 6.07 Å². The Hall–Kier alpha value is -2.19. The Kier molecular flexibility index (Phi) is 9.69. The summed E-state index contributed by atoms with van der Waals surface area (Å²) >= 11 is 0. The molecule has 2 rings (SSSR count). The lowest BCUT2D eigenvalue weighted by molar-refractivity contribution is -0.192. The number of piperidine rings is 1. The van der Waals surface area contributed by atoms with Gasteiger partial charge >= 0.3 is 18.3 Å². The maximum absolute atomic E-state index is 13.1. The van der Waals surface area contributed by atoms with Gasteiger partial charge in [0.15, 0.2) is 9.84 Å². The number of aldehydes is 1. The molecular formula is C20H26F6N2O5S. The lowest BCUT2D eigenvalue weighted by atomic mass is 9.85. The first kappa shape index (κ1) is 29.8. The van der Waals surface area contributed by atoms with Crippen molar-refractivity contribution in [3.05, 3.63) is 29.8 Å². The highest BCUT2D eigenvalue weighted by Crippen LogP contribution is 2.39. The van der Waals surface area contributed by atoms with Crippen molar-refractivity contribution >= 4 is 22.1 Å². The second-order valence-corrected chi connectivity index (χ2v) is 10.7. The van der Waals surface area contributed by atoms with E-state index in [2.05, 4.69) is 0 Å². The number of halogens is 6. The van der Waals surface area contributed by atoms with Crippen LogP contribution in [0.2, 0.25) is 0 Å². The summed E-state index contributed by atoms with van der Waals surface area (Å²) in [4.78, 5) is 21.1. The van der Waals surface area contributed by atoms with Crippen LogP contribution < -0.4 is 5.73 Å². The number of carbonyl (C=O) groups is 2. The minimum Gasteiger partial charge on any atom is -0.475 e. The Morgan fingerprint density at radius 2 is 1.68 bits per heavy atom. The molecule has 194 valence electrons. The first-order valence-corrected chi connectivity index (χ1v) is 11.5. The third-order valence-electron chi connectivity index (χ3n) is 5.73. The summed E-state index contributed by atoms with van der Waals surface area (Å²) in [6, 6.07) is 3.89. The lowest BCUT2D eigenvalue weighted by Crippen LogP contribution is -2.51. The Labute approximate surface area is 192 Å². The predicted octanol–water partition coefficient (Wildman–Crippen LogP) is 3.48. The average molecular weight is 520 g/mol. The second kappa shape index (κ2) is 11.0. The van der Waals surface area contributed by atoms with Crippen molar-refractivity contribution in [3.63, 3.8) is 0 Å².